The molecule has 8 nitrogen and oxygen atoms in total. The summed E-state index contributed by atoms with van der Waals surface area (Å²) >= 11 is 0. The molecule has 0 saturated heterocycles. The molecule has 0 heterocycles. The van der Waals surface area contributed by atoms with Crippen LogP contribution in [-0.2, 0) is 9.59 Å². The number of aliphatic carboxylic acids is 2. The Morgan fingerprint density at radius 3 is 2.52 bits per heavy atom. The van der Waals surface area contributed by atoms with Crippen LogP contribution in [0.15, 0.2) is 18.2 Å². The summed E-state index contributed by atoms with van der Waals surface area (Å²) in [5.41, 5.74) is 1.34. The Hall–Kier alpha value is -3.08. The molecule has 2 amide bonds. The van der Waals surface area contributed by atoms with Crippen LogP contribution >= 0.6 is 0 Å². The van der Waals surface area contributed by atoms with E-state index in [0.29, 0.717) is 16.8 Å². The molecule has 0 fully saturated rings. The number of carboxylic acid groups (broad SMARTS) is 2. The number of carbonyl (C=O) groups excluding carboxylic acids is 1. The zero-order valence-corrected chi connectivity index (χ0v) is 11.1. The van der Waals surface area contributed by atoms with Crippen molar-refractivity contribution in [3.63, 3.8) is 0 Å². The van der Waals surface area contributed by atoms with E-state index in [2.05, 4.69) is 5.32 Å². The largest absolute Gasteiger partial charge is 0.481 e. The van der Waals surface area contributed by atoms with E-state index >= 15 is 0 Å². The lowest BCUT2D eigenvalue weighted by molar-refractivity contribution is -0.145. The van der Waals surface area contributed by atoms with E-state index in [1.165, 1.54) is 6.07 Å². The summed E-state index contributed by atoms with van der Waals surface area (Å²) in [5.74, 6) is -2.79. The van der Waals surface area contributed by atoms with E-state index in [9.17, 15) is 14.4 Å². The second kappa shape index (κ2) is 6.91. The Balaban J connectivity index is 2.79. The number of nitrogens with one attached hydrogen (secondary N) is 2. The van der Waals surface area contributed by atoms with Crippen molar-refractivity contribution >= 4 is 23.7 Å². The number of anilines is 1. The number of carboxylic acids is 2. The fraction of sp³-hybridized carbons (Fsp3) is 0.231. The van der Waals surface area contributed by atoms with Gasteiger partial charge in [0.05, 0.1) is 18.1 Å². The van der Waals surface area contributed by atoms with E-state index < -0.39 is 30.4 Å². The highest BCUT2D eigenvalue weighted by molar-refractivity contribution is 5.94. The minimum absolute atomic E-state index is 0.330. The average molecular weight is 291 g/mol. The molecule has 1 atom stereocenters. The second-order valence-electron chi connectivity index (χ2n) is 4.23. The first-order chi connectivity index (χ1) is 9.83. The first-order valence-corrected chi connectivity index (χ1v) is 5.86. The summed E-state index contributed by atoms with van der Waals surface area (Å²) in [6.45, 7) is 1.70. The van der Waals surface area contributed by atoms with Crippen LogP contribution < -0.4 is 10.6 Å². The fourth-order valence-electron chi connectivity index (χ4n) is 1.52. The van der Waals surface area contributed by atoms with Crippen LogP contribution in [0.5, 0.6) is 0 Å². The molecule has 4 N–H and O–H groups in total. The number of benzene rings is 1. The highest BCUT2D eigenvalue weighted by Gasteiger charge is 2.23. The maximum atomic E-state index is 11.7. The zero-order valence-electron chi connectivity index (χ0n) is 11.1. The van der Waals surface area contributed by atoms with Crippen molar-refractivity contribution in [2.45, 2.75) is 19.4 Å². The molecule has 0 saturated carbocycles. The molecule has 110 valence electrons. The quantitative estimate of drug-likeness (QED) is 0.636. The zero-order chi connectivity index (χ0) is 16.0. The van der Waals surface area contributed by atoms with Crippen LogP contribution in [0.4, 0.5) is 10.5 Å². The molecule has 0 spiro atoms. The third-order valence-corrected chi connectivity index (χ3v) is 2.60. The minimum Gasteiger partial charge on any atom is -0.481 e. The summed E-state index contributed by atoms with van der Waals surface area (Å²) in [6, 6.07) is 4.14. The number of urea groups is 1. The predicted molar refractivity (Wildman–Crippen MR) is 71.7 cm³/mol. The summed E-state index contributed by atoms with van der Waals surface area (Å²) < 4.78 is 0. The van der Waals surface area contributed by atoms with Gasteiger partial charge in [-0.15, -0.1) is 0 Å². The van der Waals surface area contributed by atoms with Gasteiger partial charge in [-0.05, 0) is 24.6 Å². The maximum absolute atomic E-state index is 11.7. The second-order valence-corrected chi connectivity index (χ2v) is 4.23. The molecule has 0 aromatic heterocycles. The Kier molecular flexibility index (Phi) is 5.25. The minimum atomic E-state index is -1.54. The van der Waals surface area contributed by atoms with Gasteiger partial charge in [-0.25, -0.2) is 9.59 Å². The van der Waals surface area contributed by atoms with Crippen molar-refractivity contribution in [3.05, 3.63) is 29.3 Å². The summed E-state index contributed by atoms with van der Waals surface area (Å²) in [6.07, 6.45) is -0.736. The van der Waals surface area contributed by atoms with E-state index in [0.717, 1.165) is 0 Å². The first kappa shape index (κ1) is 16.0. The number of amides is 2. The molecule has 0 aliphatic carbocycles. The first-order valence-electron chi connectivity index (χ1n) is 5.86. The number of rotatable bonds is 5. The third kappa shape index (κ3) is 4.83. The van der Waals surface area contributed by atoms with E-state index in [-0.39, 0.29) is 0 Å². The molecule has 1 aromatic rings. The predicted octanol–water partition coefficient (Wildman–Crippen LogP) is 0.916. The molecule has 1 rings (SSSR count). The lowest BCUT2D eigenvalue weighted by Gasteiger charge is -2.14. The van der Waals surface area contributed by atoms with Gasteiger partial charge in [0.1, 0.15) is 6.04 Å². The molecule has 0 bridgehead atoms. The normalized spacial score (nSPS) is 11.0. The van der Waals surface area contributed by atoms with Gasteiger partial charge >= 0.3 is 18.0 Å². The van der Waals surface area contributed by atoms with Gasteiger partial charge in [0.25, 0.3) is 0 Å². The van der Waals surface area contributed by atoms with Crippen molar-refractivity contribution in [1.82, 2.24) is 5.32 Å². The van der Waals surface area contributed by atoms with Crippen LogP contribution in [0.2, 0.25) is 0 Å². The van der Waals surface area contributed by atoms with Crippen molar-refractivity contribution in [1.29, 1.82) is 5.26 Å². The van der Waals surface area contributed by atoms with Crippen molar-refractivity contribution in [3.8, 4) is 6.07 Å². The summed E-state index contributed by atoms with van der Waals surface area (Å²) in [7, 11) is 0. The van der Waals surface area contributed by atoms with Crippen LogP contribution in [-0.4, -0.2) is 34.2 Å². The Bertz CT molecular complexity index is 621. The van der Waals surface area contributed by atoms with E-state index in [1.54, 1.807) is 19.1 Å². The van der Waals surface area contributed by atoms with Gasteiger partial charge in [-0.1, -0.05) is 6.07 Å². The smallest absolute Gasteiger partial charge is 0.326 e. The number of hydrogen-bond donors (Lipinski definition) is 4. The van der Waals surface area contributed by atoms with Crippen LogP contribution in [0.3, 0.4) is 0 Å². The van der Waals surface area contributed by atoms with E-state index in [1.807, 2.05) is 11.4 Å². The van der Waals surface area contributed by atoms with Crippen molar-refractivity contribution in [2.24, 2.45) is 0 Å². The number of nitriles is 1. The molecular weight excluding hydrogens is 278 g/mol. The van der Waals surface area contributed by atoms with Gasteiger partial charge in [-0.2, -0.15) is 5.26 Å². The van der Waals surface area contributed by atoms with Gasteiger partial charge in [0.2, 0.25) is 0 Å². The number of carbonyl (C=O) groups is 3. The molecule has 21 heavy (non-hydrogen) atoms. The maximum Gasteiger partial charge on any atom is 0.326 e. The number of aryl methyl sites for hydroxylation is 1. The summed E-state index contributed by atoms with van der Waals surface area (Å²) in [5, 5.41) is 30.6. The Morgan fingerprint density at radius 1 is 1.33 bits per heavy atom. The van der Waals surface area contributed by atoms with E-state index in [4.69, 9.17) is 15.5 Å². The lowest BCUT2D eigenvalue weighted by Crippen LogP contribution is -2.44. The monoisotopic (exact) mass is 291 g/mol. The molecule has 0 radical (unpaired) electrons. The van der Waals surface area contributed by atoms with Crippen LogP contribution in [0, 0.1) is 18.3 Å². The third-order valence-electron chi connectivity index (χ3n) is 2.60. The SMILES string of the molecule is Cc1ccc(C#N)cc1NC(=O)NC(CC(=O)O)C(=O)O. The average Bonchev–Trinajstić information content (AvgIpc) is 2.39. The van der Waals surface area contributed by atoms with Gasteiger partial charge < -0.3 is 20.8 Å². The molecule has 8 heteroatoms. The number of nitrogens with zero attached hydrogens (tertiary/aromatic N) is 1. The van der Waals surface area contributed by atoms with Gasteiger partial charge in [0, 0.05) is 5.69 Å². The summed E-state index contributed by atoms with van der Waals surface area (Å²) in [4.78, 5) is 33.1. The van der Waals surface area contributed by atoms with Gasteiger partial charge in [0.15, 0.2) is 0 Å². The van der Waals surface area contributed by atoms with Crippen molar-refractivity contribution < 1.29 is 24.6 Å². The lowest BCUT2D eigenvalue weighted by atomic mass is 10.1. The van der Waals surface area contributed by atoms with Crippen LogP contribution in [0.1, 0.15) is 17.5 Å². The molecule has 0 aliphatic heterocycles. The topological polar surface area (TPSA) is 140 Å². The van der Waals surface area contributed by atoms with Gasteiger partial charge in [-0.3, -0.25) is 4.79 Å². The van der Waals surface area contributed by atoms with Crippen LogP contribution in [0.25, 0.3) is 0 Å². The molecule has 0 aliphatic rings. The molecular formula is C13H13N3O5. The highest BCUT2D eigenvalue weighted by Crippen LogP contribution is 2.16. The Labute approximate surface area is 120 Å². The number of hydrogen-bond acceptors (Lipinski definition) is 4. The molecule has 1 aromatic carbocycles. The standard InChI is InChI=1S/C13H13N3O5/c1-7-2-3-8(6-14)4-9(7)15-13(21)16-10(12(19)20)5-11(17)18/h2-4,10H,5H2,1H3,(H,17,18)(H,19,20)(H2,15,16,21). The highest BCUT2D eigenvalue weighted by atomic mass is 16.4. The van der Waals surface area contributed by atoms with Crippen molar-refractivity contribution in [2.75, 3.05) is 5.32 Å². The fourth-order valence-corrected chi connectivity index (χ4v) is 1.52. The Morgan fingerprint density at radius 2 is 2.00 bits per heavy atom. The molecule has 1 unspecified atom stereocenters.